The van der Waals surface area contributed by atoms with Crippen molar-refractivity contribution in [1.82, 2.24) is 19.6 Å². The fourth-order valence-corrected chi connectivity index (χ4v) is 7.33. The average Bonchev–Trinajstić information content (AvgIpc) is 3.63. The topological polar surface area (TPSA) is 91.1 Å². The number of aliphatic imine (C=N–C) groups is 1. The Morgan fingerprint density at radius 2 is 1.75 bits per heavy atom. The molecule has 7 rings (SSSR count). The summed E-state index contributed by atoms with van der Waals surface area (Å²) in [5.74, 6) is -0.193. The molecule has 0 aliphatic carbocycles. The van der Waals surface area contributed by atoms with Crippen molar-refractivity contribution in [1.29, 1.82) is 0 Å². The van der Waals surface area contributed by atoms with Crippen molar-refractivity contribution in [2.24, 2.45) is 10.9 Å². The van der Waals surface area contributed by atoms with Crippen LogP contribution in [0.15, 0.2) is 88.5 Å². The van der Waals surface area contributed by atoms with Crippen LogP contribution >= 0.6 is 15.9 Å². The van der Waals surface area contributed by atoms with Gasteiger partial charge in [0.25, 0.3) is 5.91 Å². The molecule has 0 saturated carbocycles. The van der Waals surface area contributed by atoms with Crippen LogP contribution in [-0.4, -0.2) is 69.3 Å². The smallest absolute Gasteiger partial charge is 0.334 e. The molecule has 246 valence electrons. The van der Waals surface area contributed by atoms with Crippen LogP contribution in [0.4, 0.5) is 24.7 Å². The number of benzene rings is 3. The number of likely N-dealkylation sites (N-methyl/N-ethyl adjacent to an activating group) is 1. The maximum absolute atomic E-state index is 14.5. The SMILES string of the molecule is C[C@@H]1CC2C(=O)N(c3ccc(C4=NCC(=O)N4C)cc3)c3c(Cc4ccccc4)cnn3C2CN1C(=O)c1ccc(Br)c(C(F)(F)F)c1. The molecule has 3 aromatic carbocycles. The number of carbonyl (C=O) groups excluding carboxylic acids is 3. The van der Waals surface area contributed by atoms with Gasteiger partial charge in [0, 0.05) is 47.2 Å². The van der Waals surface area contributed by atoms with Crippen LogP contribution in [0.2, 0.25) is 0 Å². The van der Waals surface area contributed by atoms with Gasteiger partial charge in [-0.3, -0.25) is 29.2 Å². The molecule has 2 unspecified atom stereocenters. The second-order valence-corrected chi connectivity index (χ2v) is 13.2. The van der Waals surface area contributed by atoms with Gasteiger partial charge < -0.3 is 4.90 Å². The third-order valence-electron chi connectivity index (χ3n) is 9.34. The van der Waals surface area contributed by atoms with E-state index >= 15 is 0 Å². The molecule has 4 aromatic rings. The second-order valence-electron chi connectivity index (χ2n) is 12.3. The summed E-state index contributed by atoms with van der Waals surface area (Å²) in [6.45, 7) is 2.00. The molecule has 1 fully saturated rings. The number of likely N-dealkylation sites (tertiary alicyclic amines) is 1. The number of rotatable bonds is 5. The predicted octanol–water partition coefficient (Wildman–Crippen LogP) is 6.24. The van der Waals surface area contributed by atoms with Crippen molar-refractivity contribution in [2.45, 2.75) is 38.0 Å². The van der Waals surface area contributed by atoms with Crippen molar-refractivity contribution >= 4 is 51.0 Å². The molecule has 1 aromatic heterocycles. The van der Waals surface area contributed by atoms with Gasteiger partial charge in [0.05, 0.1) is 29.4 Å². The maximum Gasteiger partial charge on any atom is 0.417 e. The van der Waals surface area contributed by atoms with Gasteiger partial charge in [0.2, 0.25) is 11.8 Å². The zero-order valence-electron chi connectivity index (χ0n) is 26.0. The highest BCUT2D eigenvalue weighted by atomic mass is 79.9. The van der Waals surface area contributed by atoms with E-state index in [4.69, 9.17) is 5.10 Å². The summed E-state index contributed by atoms with van der Waals surface area (Å²) in [5, 5.41) is 4.76. The molecular weight excluding hydrogens is 689 g/mol. The molecule has 3 atom stereocenters. The lowest BCUT2D eigenvalue weighted by Crippen LogP contribution is -2.56. The van der Waals surface area contributed by atoms with Gasteiger partial charge in [0.15, 0.2) is 0 Å². The highest BCUT2D eigenvalue weighted by molar-refractivity contribution is 9.10. The molecule has 3 aliphatic heterocycles. The number of hydrogen-bond donors (Lipinski definition) is 0. The van der Waals surface area contributed by atoms with E-state index in [2.05, 4.69) is 20.9 Å². The van der Waals surface area contributed by atoms with Crippen LogP contribution < -0.4 is 4.90 Å². The molecule has 0 radical (unpaired) electrons. The summed E-state index contributed by atoms with van der Waals surface area (Å²) >= 11 is 2.95. The van der Waals surface area contributed by atoms with Gasteiger partial charge in [-0.1, -0.05) is 46.3 Å². The Morgan fingerprint density at radius 3 is 2.42 bits per heavy atom. The number of nitrogens with zero attached hydrogens (tertiary/aromatic N) is 6. The van der Waals surface area contributed by atoms with Gasteiger partial charge >= 0.3 is 6.18 Å². The second kappa shape index (κ2) is 12.0. The lowest BCUT2D eigenvalue weighted by atomic mass is 9.84. The first-order valence-electron chi connectivity index (χ1n) is 15.5. The third kappa shape index (κ3) is 5.49. The largest absolute Gasteiger partial charge is 0.417 e. The Balaban J connectivity index is 1.26. The standard InChI is InChI=1S/C35H30BrF3N6O3/c1-20-14-26-29(19-43(20)33(47)23-10-13-28(36)27(16-23)35(37,38)39)45-32(24(17-41-45)15-21-6-4-3-5-7-21)44(34(26)48)25-11-8-22(9-12-25)31-40-18-30(46)42(31)2/h3-13,16-17,20,26,29H,14-15,18-19H2,1-2H3/t20-,26?,29?/m1/s1. The predicted molar refractivity (Wildman–Crippen MR) is 176 cm³/mol. The van der Waals surface area contributed by atoms with E-state index in [9.17, 15) is 27.6 Å². The lowest BCUT2D eigenvalue weighted by molar-refractivity contribution is -0.138. The summed E-state index contributed by atoms with van der Waals surface area (Å²) in [5.41, 5.74) is 2.19. The minimum absolute atomic E-state index is 0.0793. The highest BCUT2D eigenvalue weighted by Gasteiger charge is 2.48. The summed E-state index contributed by atoms with van der Waals surface area (Å²) in [7, 11) is 1.68. The Bertz CT molecular complexity index is 1960. The molecular formula is C35H30BrF3N6O3. The molecule has 1 saturated heterocycles. The number of amidine groups is 1. The number of amides is 3. The molecule has 48 heavy (non-hydrogen) atoms. The molecule has 0 spiro atoms. The fourth-order valence-electron chi connectivity index (χ4n) is 6.86. The molecule has 0 N–H and O–H groups in total. The first-order valence-corrected chi connectivity index (χ1v) is 16.2. The van der Waals surface area contributed by atoms with E-state index in [1.165, 1.54) is 17.0 Å². The summed E-state index contributed by atoms with van der Waals surface area (Å²) < 4.78 is 42.7. The van der Waals surface area contributed by atoms with Crippen molar-refractivity contribution in [2.75, 3.05) is 25.0 Å². The van der Waals surface area contributed by atoms with Crippen LogP contribution in [0.25, 0.3) is 0 Å². The Morgan fingerprint density at radius 1 is 1.02 bits per heavy atom. The van der Waals surface area contributed by atoms with Gasteiger partial charge in [-0.2, -0.15) is 18.3 Å². The zero-order chi connectivity index (χ0) is 33.9. The van der Waals surface area contributed by atoms with E-state index < -0.39 is 35.6 Å². The van der Waals surface area contributed by atoms with E-state index in [1.807, 2.05) is 61.5 Å². The molecule has 3 amide bonds. The van der Waals surface area contributed by atoms with Crippen molar-refractivity contribution in [3.8, 4) is 0 Å². The number of piperidine rings is 1. The van der Waals surface area contributed by atoms with Gasteiger partial charge in [-0.25, -0.2) is 4.68 Å². The number of anilines is 2. The van der Waals surface area contributed by atoms with E-state index in [1.54, 1.807) is 27.7 Å². The quantitative estimate of drug-likeness (QED) is 0.244. The van der Waals surface area contributed by atoms with Crippen LogP contribution in [-0.2, 0) is 22.2 Å². The Kier molecular flexibility index (Phi) is 7.97. The highest BCUT2D eigenvalue weighted by Crippen LogP contribution is 2.45. The number of aromatic nitrogens is 2. The fraction of sp³-hybridized carbons (Fsp3) is 0.286. The third-order valence-corrected chi connectivity index (χ3v) is 10.0. The molecule has 4 heterocycles. The van der Waals surface area contributed by atoms with Gasteiger partial charge in [-0.05, 0) is 61.4 Å². The van der Waals surface area contributed by atoms with Crippen LogP contribution in [0.1, 0.15) is 52.0 Å². The number of carbonyl (C=O) groups is 3. The molecule has 9 nitrogen and oxygen atoms in total. The number of fused-ring (bicyclic) bond motifs is 3. The summed E-state index contributed by atoms with van der Waals surface area (Å²) in [6, 6.07) is 19.6. The lowest BCUT2D eigenvalue weighted by Gasteiger charge is -2.47. The van der Waals surface area contributed by atoms with Crippen molar-refractivity contribution in [3.63, 3.8) is 0 Å². The van der Waals surface area contributed by atoms with Crippen LogP contribution in [0, 0.1) is 5.92 Å². The number of halogens is 4. The van der Waals surface area contributed by atoms with Crippen molar-refractivity contribution in [3.05, 3.63) is 111 Å². The van der Waals surface area contributed by atoms with Crippen molar-refractivity contribution < 1.29 is 27.6 Å². The summed E-state index contributed by atoms with van der Waals surface area (Å²) in [4.78, 5) is 49.4. The number of alkyl halides is 3. The van der Waals surface area contributed by atoms with Crippen LogP contribution in [0.5, 0.6) is 0 Å². The monoisotopic (exact) mass is 718 g/mol. The Hall–Kier alpha value is -4.78. The zero-order valence-corrected chi connectivity index (χ0v) is 27.6. The molecule has 13 heteroatoms. The minimum Gasteiger partial charge on any atom is -0.334 e. The first kappa shape index (κ1) is 31.8. The van der Waals surface area contributed by atoms with Gasteiger partial charge in [0.1, 0.15) is 18.2 Å². The van der Waals surface area contributed by atoms with E-state index in [0.717, 1.165) is 22.8 Å². The average molecular weight is 720 g/mol. The van der Waals surface area contributed by atoms with E-state index in [0.29, 0.717) is 30.2 Å². The summed E-state index contributed by atoms with van der Waals surface area (Å²) in [6.07, 6.45) is -2.11. The van der Waals surface area contributed by atoms with Crippen LogP contribution in [0.3, 0.4) is 0 Å². The normalized spacial score (nSPS) is 20.9. The van der Waals surface area contributed by atoms with E-state index in [-0.39, 0.29) is 34.9 Å². The molecule has 3 aliphatic rings. The first-order chi connectivity index (χ1) is 22.9. The Labute approximate surface area is 282 Å². The van der Waals surface area contributed by atoms with Gasteiger partial charge in [-0.15, -0.1) is 0 Å². The maximum atomic E-state index is 14.5. The molecule has 0 bridgehead atoms. The minimum atomic E-state index is -4.64. The number of hydrogen-bond acceptors (Lipinski definition) is 5.